The number of hydrogen-bond acceptors (Lipinski definition) is 6. The summed E-state index contributed by atoms with van der Waals surface area (Å²) in [6, 6.07) is 9.45. The second-order valence-electron chi connectivity index (χ2n) is 6.84. The third kappa shape index (κ3) is 3.82. The van der Waals surface area contributed by atoms with Gasteiger partial charge in [-0.05, 0) is 49.9 Å². The van der Waals surface area contributed by atoms with Crippen LogP contribution < -0.4 is 14.8 Å². The normalized spacial score (nSPS) is 18.9. The van der Waals surface area contributed by atoms with E-state index in [9.17, 15) is 4.79 Å². The Morgan fingerprint density at radius 2 is 2.00 bits per heavy atom. The molecule has 1 amide bonds. The van der Waals surface area contributed by atoms with Crippen molar-refractivity contribution < 1.29 is 14.3 Å². The van der Waals surface area contributed by atoms with Crippen LogP contribution in [0.1, 0.15) is 43.1 Å². The van der Waals surface area contributed by atoms with Crippen molar-refractivity contribution >= 4 is 17.4 Å². The molecule has 0 spiro atoms. The van der Waals surface area contributed by atoms with Crippen molar-refractivity contribution in [2.45, 2.75) is 38.6 Å². The van der Waals surface area contributed by atoms with E-state index in [1.807, 2.05) is 23.1 Å². The summed E-state index contributed by atoms with van der Waals surface area (Å²) in [5.74, 6) is 2.00. The number of amides is 1. The summed E-state index contributed by atoms with van der Waals surface area (Å²) in [4.78, 5) is 14.7. The van der Waals surface area contributed by atoms with Gasteiger partial charge < -0.3 is 19.7 Å². The Morgan fingerprint density at radius 1 is 1.15 bits per heavy atom. The maximum Gasteiger partial charge on any atom is 0.274 e. The van der Waals surface area contributed by atoms with E-state index in [1.165, 1.54) is 6.42 Å². The number of carbonyl (C=O) groups is 1. The SMILES string of the molecule is CCC1CCCCN1C(=O)c1ccc(Nc2ccc3c(c2)OCCO3)nn1. The van der Waals surface area contributed by atoms with Crippen LogP contribution in [0.5, 0.6) is 11.5 Å². The van der Waals surface area contributed by atoms with Gasteiger partial charge in [0.05, 0.1) is 0 Å². The highest BCUT2D eigenvalue weighted by Gasteiger charge is 2.27. The Labute approximate surface area is 158 Å². The van der Waals surface area contributed by atoms with E-state index in [1.54, 1.807) is 12.1 Å². The summed E-state index contributed by atoms with van der Waals surface area (Å²) < 4.78 is 11.1. The van der Waals surface area contributed by atoms with Gasteiger partial charge in [-0.3, -0.25) is 4.79 Å². The van der Waals surface area contributed by atoms with Crippen molar-refractivity contribution in [3.8, 4) is 11.5 Å². The molecular formula is C20H24N4O3. The number of aromatic nitrogens is 2. The molecule has 7 nitrogen and oxygen atoms in total. The Hall–Kier alpha value is -2.83. The van der Waals surface area contributed by atoms with Crippen molar-refractivity contribution in [3.05, 3.63) is 36.0 Å². The molecule has 1 aromatic carbocycles. The molecule has 0 aliphatic carbocycles. The van der Waals surface area contributed by atoms with Gasteiger partial charge >= 0.3 is 0 Å². The monoisotopic (exact) mass is 368 g/mol. The van der Waals surface area contributed by atoms with Gasteiger partial charge in [0, 0.05) is 24.3 Å². The van der Waals surface area contributed by atoms with Crippen molar-refractivity contribution in [1.82, 2.24) is 15.1 Å². The average Bonchev–Trinajstić information content (AvgIpc) is 2.73. The number of hydrogen-bond donors (Lipinski definition) is 1. The number of ether oxygens (including phenoxy) is 2. The van der Waals surface area contributed by atoms with E-state index >= 15 is 0 Å². The van der Waals surface area contributed by atoms with Crippen LogP contribution in [0.3, 0.4) is 0 Å². The average molecular weight is 368 g/mol. The van der Waals surface area contributed by atoms with E-state index in [4.69, 9.17) is 9.47 Å². The van der Waals surface area contributed by atoms with Crippen LogP contribution >= 0.6 is 0 Å². The van der Waals surface area contributed by atoms with E-state index in [-0.39, 0.29) is 5.91 Å². The summed E-state index contributed by atoms with van der Waals surface area (Å²) in [6.07, 6.45) is 4.29. The molecule has 1 N–H and O–H groups in total. The smallest absolute Gasteiger partial charge is 0.274 e. The molecule has 0 bridgehead atoms. The number of carbonyl (C=O) groups excluding carboxylic acids is 1. The van der Waals surface area contributed by atoms with E-state index in [2.05, 4.69) is 22.4 Å². The first-order valence-corrected chi connectivity index (χ1v) is 9.56. The van der Waals surface area contributed by atoms with Crippen LogP contribution in [0.2, 0.25) is 0 Å². The van der Waals surface area contributed by atoms with E-state index in [0.29, 0.717) is 36.5 Å². The van der Waals surface area contributed by atoms with Gasteiger partial charge in [-0.1, -0.05) is 6.92 Å². The molecular weight excluding hydrogens is 344 g/mol. The summed E-state index contributed by atoms with van der Waals surface area (Å²) in [6.45, 7) is 4.04. The van der Waals surface area contributed by atoms with Crippen molar-refractivity contribution in [2.24, 2.45) is 0 Å². The van der Waals surface area contributed by atoms with Gasteiger partial charge in [0.2, 0.25) is 0 Å². The fraction of sp³-hybridized carbons (Fsp3) is 0.450. The summed E-state index contributed by atoms with van der Waals surface area (Å²) in [5.41, 5.74) is 1.22. The molecule has 0 radical (unpaired) electrons. The van der Waals surface area contributed by atoms with Gasteiger partial charge in [0.1, 0.15) is 13.2 Å². The number of rotatable bonds is 4. The first-order valence-electron chi connectivity index (χ1n) is 9.56. The molecule has 1 saturated heterocycles. The van der Waals surface area contributed by atoms with E-state index < -0.39 is 0 Å². The van der Waals surface area contributed by atoms with Gasteiger partial charge in [-0.2, -0.15) is 0 Å². The predicted molar refractivity (Wildman–Crippen MR) is 102 cm³/mol. The standard InChI is InChI=1S/C20H24N4O3/c1-2-15-5-3-4-10-24(15)20(25)16-7-9-19(23-22-16)21-14-6-8-17-18(13-14)27-12-11-26-17/h6-9,13,15H,2-5,10-12H2,1H3,(H,21,23). The highest BCUT2D eigenvalue weighted by Crippen LogP contribution is 2.33. The van der Waals surface area contributed by atoms with Crippen LogP contribution in [0.15, 0.2) is 30.3 Å². The van der Waals surface area contributed by atoms with Crippen LogP contribution in [-0.2, 0) is 0 Å². The van der Waals surface area contributed by atoms with Crippen LogP contribution in [0.4, 0.5) is 11.5 Å². The highest BCUT2D eigenvalue weighted by atomic mass is 16.6. The fourth-order valence-corrected chi connectivity index (χ4v) is 3.62. The number of likely N-dealkylation sites (tertiary alicyclic amines) is 1. The number of anilines is 2. The largest absolute Gasteiger partial charge is 0.486 e. The second-order valence-corrected chi connectivity index (χ2v) is 6.84. The predicted octanol–water partition coefficient (Wildman–Crippen LogP) is 3.40. The second kappa shape index (κ2) is 7.82. The quantitative estimate of drug-likeness (QED) is 0.891. The molecule has 2 aliphatic heterocycles. The lowest BCUT2D eigenvalue weighted by molar-refractivity contribution is 0.0601. The molecule has 0 saturated carbocycles. The minimum atomic E-state index is -0.0278. The van der Waals surface area contributed by atoms with Crippen LogP contribution in [0.25, 0.3) is 0 Å². The first-order chi connectivity index (χ1) is 13.2. The van der Waals surface area contributed by atoms with Crippen LogP contribution in [0, 0.1) is 0 Å². The summed E-state index contributed by atoms with van der Waals surface area (Å²) in [7, 11) is 0. The van der Waals surface area contributed by atoms with E-state index in [0.717, 1.165) is 37.2 Å². The molecule has 2 aliphatic rings. The topological polar surface area (TPSA) is 76.6 Å². The number of benzene rings is 1. The zero-order valence-corrected chi connectivity index (χ0v) is 15.5. The van der Waals surface area contributed by atoms with Gasteiger partial charge in [0.25, 0.3) is 5.91 Å². The van der Waals surface area contributed by atoms with Gasteiger partial charge in [-0.25, -0.2) is 0 Å². The molecule has 27 heavy (non-hydrogen) atoms. The number of nitrogens with one attached hydrogen (secondary N) is 1. The maximum atomic E-state index is 12.8. The number of fused-ring (bicyclic) bond motifs is 1. The number of nitrogens with zero attached hydrogens (tertiary/aromatic N) is 3. The molecule has 1 fully saturated rings. The third-order valence-electron chi connectivity index (χ3n) is 5.06. The zero-order chi connectivity index (χ0) is 18.6. The van der Waals surface area contributed by atoms with Crippen molar-refractivity contribution in [2.75, 3.05) is 25.1 Å². The summed E-state index contributed by atoms with van der Waals surface area (Å²) in [5, 5.41) is 11.5. The molecule has 4 rings (SSSR count). The molecule has 142 valence electrons. The zero-order valence-electron chi connectivity index (χ0n) is 15.5. The van der Waals surface area contributed by atoms with Crippen molar-refractivity contribution in [3.63, 3.8) is 0 Å². The Morgan fingerprint density at radius 3 is 2.78 bits per heavy atom. The van der Waals surface area contributed by atoms with Crippen LogP contribution in [-0.4, -0.2) is 46.8 Å². The minimum absolute atomic E-state index is 0.0278. The fourth-order valence-electron chi connectivity index (χ4n) is 3.62. The Balaban J connectivity index is 1.45. The Bertz CT molecular complexity index is 809. The molecule has 1 unspecified atom stereocenters. The van der Waals surface area contributed by atoms with Gasteiger partial charge in [0.15, 0.2) is 23.0 Å². The lowest BCUT2D eigenvalue weighted by Gasteiger charge is -2.34. The maximum absolute atomic E-state index is 12.8. The van der Waals surface area contributed by atoms with Crippen molar-refractivity contribution in [1.29, 1.82) is 0 Å². The third-order valence-corrected chi connectivity index (χ3v) is 5.06. The lowest BCUT2D eigenvalue weighted by Crippen LogP contribution is -2.43. The molecule has 2 aromatic rings. The summed E-state index contributed by atoms with van der Waals surface area (Å²) >= 11 is 0. The first kappa shape index (κ1) is 17.6. The Kier molecular flexibility index (Phi) is 5.09. The van der Waals surface area contributed by atoms with Gasteiger partial charge in [-0.15, -0.1) is 10.2 Å². The molecule has 1 aromatic heterocycles. The minimum Gasteiger partial charge on any atom is -0.486 e. The number of piperidine rings is 1. The molecule has 1 atom stereocenters. The molecule has 3 heterocycles. The lowest BCUT2D eigenvalue weighted by atomic mass is 9.99. The highest BCUT2D eigenvalue weighted by molar-refractivity contribution is 5.92. The molecule has 7 heteroatoms.